The summed E-state index contributed by atoms with van der Waals surface area (Å²) in [7, 11) is 0. The second-order valence-electron chi connectivity index (χ2n) is 4.92. The van der Waals surface area contributed by atoms with E-state index in [1.54, 1.807) is 36.5 Å². The largest absolute Gasteiger partial charge is 0.417 e. The Morgan fingerprint density at radius 1 is 1.13 bits per heavy atom. The number of aryl methyl sites for hydroxylation is 1. The van der Waals surface area contributed by atoms with E-state index in [0.29, 0.717) is 27.0 Å². The van der Waals surface area contributed by atoms with E-state index in [4.69, 9.17) is 27.9 Å². The number of rotatable bonds is 2. The Balaban J connectivity index is 1.83. The van der Waals surface area contributed by atoms with Crippen LogP contribution in [0.15, 0.2) is 48.7 Å². The van der Waals surface area contributed by atoms with Crippen molar-refractivity contribution in [3.05, 3.63) is 64.3 Å². The summed E-state index contributed by atoms with van der Waals surface area (Å²) in [6, 6.07) is 12.1. The molecule has 6 heteroatoms. The van der Waals surface area contributed by atoms with E-state index in [1.165, 1.54) is 0 Å². The van der Waals surface area contributed by atoms with Crippen LogP contribution in [0, 0.1) is 6.92 Å². The maximum atomic E-state index is 12.1. The van der Waals surface area contributed by atoms with Gasteiger partial charge in [0.05, 0.1) is 5.02 Å². The van der Waals surface area contributed by atoms with Gasteiger partial charge in [0.1, 0.15) is 5.52 Å². The number of nitrogens with one attached hydrogen (secondary N) is 1. The average molecular weight is 347 g/mol. The van der Waals surface area contributed by atoms with Gasteiger partial charge in [-0.1, -0.05) is 29.3 Å². The minimum atomic E-state index is -0.626. The number of amides is 1. The number of hydrogen-bond acceptors (Lipinski definition) is 3. The Labute approximate surface area is 143 Å². The Morgan fingerprint density at radius 2 is 1.96 bits per heavy atom. The molecule has 2 aromatic carbocycles. The van der Waals surface area contributed by atoms with Crippen LogP contribution < -0.4 is 10.1 Å². The topological polar surface area (TPSA) is 51.2 Å². The van der Waals surface area contributed by atoms with Gasteiger partial charge in [0.25, 0.3) is 0 Å². The number of fused-ring (bicyclic) bond motifs is 1. The van der Waals surface area contributed by atoms with E-state index < -0.39 is 6.09 Å². The second kappa shape index (κ2) is 6.44. The molecule has 23 heavy (non-hydrogen) atoms. The number of hydrogen-bond donors (Lipinski definition) is 1. The first-order chi connectivity index (χ1) is 11.0. The summed E-state index contributed by atoms with van der Waals surface area (Å²) in [4.78, 5) is 16.3. The molecule has 0 radical (unpaired) electrons. The smallest absolute Gasteiger partial charge is 0.408 e. The fourth-order valence-electron chi connectivity index (χ4n) is 2.11. The standard InChI is InChI=1S/C17H12Cl2N2O2/c1-10-4-5-11(9-14(10)19)21-17(22)23-15-7-6-13(18)12-3-2-8-20-16(12)15/h2-9H,1H3,(H,21,22). The SMILES string of the molecule is Cc1ccc(NC(=O)Oc2ccc(Cl)c3cccnc23)cc1Cl. The summed E-state index contributed by atoms with van der Waals surface area (Å²) in [5.74, 6) is 0.334. The summed E-state index contributed by atoms with van der Waals surface area (Å²) < 4.78 is 5.34. The quantitative estimate of drug-likeness (QED) is 0.670. The number of aromatic nitrogens is 1. The highest BCUT2D eigenvalue weighted by Gasteiger charge is 2.11. The Morgan fingerprint density at radius 3 is 2.74 bits per heavy atom. The molecule has 1 amide bonds. The highest BCUT2D eigenvalue weighted by molar-refractivity contribution is 6.35. The molecule has 0 aliphatic carbocycles. The predicted octanol–water partition coefficient (Wildman–Crippen LogP) is 5.46. The van der Waals surface area contributed by atoms with Crippen LogP contribution in [-0.2, 0) is 0 Å². The van der Waals surface area contributed by atoms with Crippen molar-refractivity contribution in [2.45, 2.75) is 6.92 Å². The molecule has 0 aliphatic rings. The van der Waals surface area contributed by atoms with E-state index in [1.807, 2.05) is 19.1 Å². The van der Waals surface area contributed by atoms with Gasteiger partial charge < -0.3 is 4.74 Å². The molecule has 0 spiro atoms. The zero-order chi connectivity index (χ0) is 16.4. The van der Waals surface area contributed by atoms with Crippen LogP contribution in [0.1, 0.15) is 5.56 Å². The lowest BCUT2D eigenvalue weighted by Crippen LogP contribution is -2.17. The van der Waals surface area contributed by atoms with Gasteiger partial charge in [-0.3, -0.25) is 10.3 Å². The first kappa shape index (κ1) is 15.6. The normalized spacial score (nSPS) is 10.6. The number of anilines is 1. The third-order valence-electron chi connectivity index (χ3n) is 3.30. The fourth-order valence-corrected chi connectivity index (χ4v) is 2.50. The molecule has 0 aliphatic heterocycles. The molecule has 4 nitrogen and oxygen atoms in total. The van der Waals surface area contributed by atoms with Crippen LogP contribution in [0.2, 0.25) is 10.0 Å². The van der Waals surface area contributed by atoms with E-state index in [2.05, 4.69) is 10.3 Å². The second-order valence-corrected chi connectivity index (χ2v) is 5.74. The predicted molar refractivity (Wildman–Crippen MR) is 92.6 cm³/mol. The maximum Gasteiger partial charge on any atom is 0.417 e. The number of pyridine rings is 1. The molecule has 1 aromatic heterocycles. The summed E-state index contributed by atoms with van der Waals surface area (Å²) in [5.41, 5.74) is 2.01. The van der Waals surface area contributed by atoms with Crippen molar-refractivity contribution >= 4 is 45.9 Å². The van der Waals surface area contributed by atoms with Crippen LogP contribution in [0.25, 0.3) is 10.9 Å². The van der Waals surface area contributed by atoms with Crippen molar-refractivity contribution in [1.82, 2.24) is 4.98 Å². The van der Waals surface area contributed by atoms with Crippen molar-refractivity contribution in [2.24, 2.45) is 0 Å². The van der Waals surface area contributed by atoms with Crippen molar-refractivity contribution in [3.63, 3.8) is 0 Å². The fraction of sp³-hybridized carbons (Fsp3) is 0.0588. The lowest BCUT2D eigenvalue weighted by molar-refractivity contribution is 0.215. The molecule has 0 unspecified atom stereocenters. The van der Waals surface area contributed by atoms with Crippen LogP contribution in [-0.4, -0.2) is 11.1 Å². The summed E-state index contributed by atoms with van der Waals surface area (Å²) in [6.07, 6.45) is 0.989. The third-order valence-corrected chi connectivity index (χ3v) is 4.04. The minimum absolute atomic E-state index is 0.334. The van der Waals surface area contributed by atoms with Crippen LogP contribution in [0.5, 0.6) is 5.75 Å². The highest BCUT2D eigenvalue weighted by Crippen LogP contribution is 2.30. The van der Waals surface area contributed by atoms with E-state index in [9.17, 15) is 4.79 Å². The van der Waals surface area contributed by atoms with Gasteiger partial charge in [-0.15, -0.1) is 0 Å². The molecular formula is C17H12Cl2N2O2. The lowest BCUT2D eigenvalue weighted by Gasteiger charge is -2.10. The molecule has 0 bridgehead atoms. The number of carbonyl (C=O) groups excluding carboxylic acids is 1. The Kier molecular flexibility index (Phi) is 4.37. The van der Waals surface area contributed by atoms with Crippen molar-refractivity contribution in [1.29, 1.82) is 0 Å². The third kappa shape index (κ3) is 3.38. The first-order valence-corrected chi connectivity index (χ1v) is 7.58. The molecule has 3 rings (SSSR count). The number of carbonyl (C=O) groups is 1. The zero-order valence-corrected chi connectivity index (χ0v) is 13.7. The molecule has 0 saturated carbocycles. The van der Waals surface area contributed by atoms with E-state index >= 15 is 0 Å². The van der Waals surface area contributed by atoms with Gasteiger partial charge >= 0.3 is 6.09 Å². The molecule has 1 N–H and O–H groups in total. The molecule has 3 aromatic rings. The summed E-state index contributed by atoms with van der Waals surface area (Å²) >= 11 is 12.2. The van der Waals surface area contributed by atoms with Crippen LogP contribution >= 0.6 is 23.2 Å². The Bertz CT molecular complexity index is 897. The molecule has 116 valence electrons. The monoisotopic (exact) mass is 346 g/mol. The number of ether oxygens (including phenoxy) is 1. The Hall–Kier alpha value is -2.30. The average Bonchev–Trinajstić information content (AvgIpc) is 2.54. The van der Waals surface area contributed by atoms with Crippen molar-refractivity contribution in [3.8, 4) is 5.75 Å². The first-order valence-electron chi connectivity index (χ1n) is 6.83. The van der Waals surface area contributed by atoms with Crippen LogP contribution in [0.3, 0.4) is 0 Å². The van der Waals surface area contributed by atoms with Crippen LogP contribution in [0.4, 0.5) is 10.5 Å². The van der Waals surface area contributed by atoms with Gasteiger partial charge in [0.2, 0.25) is 0 Å². The molecule has 0 fully saturated rings. The molecule has 1 heterocycles. The van der Waals surface area contributed by atoms with Gasteiger partial charge in [-0.05, 0) is 48.9 Å². The zero-order valence-electron chi connectivity index (χ0n) is 12.1. The molecular weight excluding hydrogens is 335 g/mol. The van der Waals surface area contributed by atoms with Gasteiger partial charge in [0, 0.05) is 22.3 Å². The molecule has 0 atom stereocenters. The highest BCUT2D eigenvalue weighted by atomic mass is 35.5. The molecule has 0 saturated heterocycles. The lowest BCUT2D eigenvalue weighted by atomic mass is 10.2. The summed E-state index contributed by atoms with van der Waals surface area (Å²) in [5, 5.41) is 4.47. The summed E-state index contributed by atoms with van der Waals surface area (Å²) in [6.45, 7) is 1.88. The number of halogens is 2. The van der Waals surface area contributed by atoms with E-state index in [0.717, 1.165) is 10.9 Å². The number of benzene rings is 2. The number of nitrogens with zero attached hydrogens (tertiary/aromatic N) is 1. The maximum absolute atomic E-state index is 12.1. The van der Waals surface area contributed by atoms with Gasteiger partial charge in [-0.25, -0.2) is 4.79 Å². The van der Waals surface area contributed by atoms with Crippen molar-refractivity contribution < 1.29 is 9.53 Å². The van der Waals surface area contributed by atoms with E-state index in [-0.39, 0.29) is 0 Å². The minimum Gasteiger partial charge on any atom is -0.408 e. The van der Waals surface area contributed by atoms with Crippen molar-refractivity contribution in [2.75, 3.05) is 5.32 Å². The van der Waals surface area contributed by atoms with Gasteiger partial charge in [0.15, 0.2) is 5.75 Å². The van der Waals surface area contributed by atoms with Gasteiger partial charge in [-0.2, -0.15) is 0 Å².